The Kier molecular flexibility index (Phi) is 4.49. The molecule has 0 saturated heterocycles. The van der Waals surface area contributed by atoms with Gasteiger partial charge in [0.15, 0.2) is 0 Å². The molecule has 2 aromatic carbocycles. The summed E-state index contributed by atoms with van der Waals surface area (Å²) < 4.78 is 1.82. The van der Waals surface area contributed by atoms with Crippen molar-refractivity contribution in [3.63, 3.8) is 0 Å². The smallest absolute Gasteiger partial charge is 0.269 e. The zero-order valence-corrected chi connectivity index (χ0v) is 15.6. The molecule has 4 aromatic rings. The molecule has 0 atom stereocenters. The molecule has 1 N–H and O–H groups in total. The fraction of sp³-hybridized carbons (Fsp3) is 0.100. The maximum atomic E-state index is 12.7. The van der Waals surface area contributed by atoms with Gasteiger partial charge in [-0.1, -0.05) is 60.1 Å². The van der Waals surface area contributed by atoms with E-state index in [1.165, 1.54) is 0 Å². The quantitative estimate of drug-likeness (QED) is 0.547. The summed E-state index contributed by atoms with van der Waals surface area (Å²) >= 11 is 7.99. The van der Waals surface area contributed by atoms with Gasteiger partial charge in [0.25, 0.3) is 5.91 Å². The van der Waals surface area contributed by atoms with Gasteiger partial charge in [-0.2, -0.15) is 0 Å². The Balaban J connectivity index is 1.52. The topological polar surface area (TPSA) is 46.9 Å². The highest BCUT2D eigenvalue weighted by molar-refractivity contribution is 7.13. The van der Waals surface area contributed by atoms with Crippen molar-refractivity contribution in [3.05, 3.63) is 76.4 Å². The molecule has 4 nitrogen and oxygen atoms in total. The minimum Gasteiger partial charge on any atom is -0.345 e. The van der Waals surface area contributed by atoms with Crippen molar-refractivity contribution in [2.45, 2.75) is 6.54 Å². The standard InChI is InChI=1S/C20H16ClN3OS/c1-24-16-10-6-5-9-15(16)17(21)18(24)19(25)22-11-14-12-26-20(23-14)13-7-3-2-4-8-13/h2-10,12H,11H2,1H3,(H,22,25). The molecule has 0 radical (unpaired) electrons. The predicted molar refractivity (Wildman–Crippen MR) is 107 cm³/mol. The second-order valence-electron chi connectivity index (χ2n) is 5.93. The van der Waals surface area contributed by atoms with Gasteiger partial charge >= 0.3 is 0 Å². The Bertz CT molecular complexity index is 1050. The number of para-hydroxylation sites is 1. The fourth-order valence-electron chi connectivity index (χ4n) is 2.96. The maximum absolute atomic E-state index is 12.7. The molecular weight excluding hydrogens is 366 g/mol. The molecule has 1 amide bonds. The van der Waals surface area contributed by atoms with Crippen molar-refractivity contribution in [3.8, 4) is 10.6 Å². The second-order valence-corrected chi connectivity index (χ2v) is 7.17. The lowest BCUT2D eigenvalue weighted by atomic mass is 10.2. The zero-order chi connectivity index (χ0) is 18.1. The Morgan fingerprint density at radius 1 is 1.15 bits per heavy atom. The van der Waals surface area contributed by atoms with Gasteiger partial charge in [0.1, 0.15) is 10.7 Å². The first-order valence-electron chi connectivity index (χ1n) is 8.16. The van der Waals surface area contributed by atoms with Crippen molar-refractivity contribution < 1.29 is 4.79 Å². The summed E-state index contributed by atoms with van der Waals surface area (Å²) in [6.45, 7) is 0.361. The lowest BCUT2D eigenvalue weighted by Gasteiger charge is -2.06. The Labute approximate surface area is 160 Å². The Morgan fingerprint density at radius 3 is 2.65 bits per heavy atom. The van der Waals surface area contributed by atoms with E-state index in [9.17, 15) is 4.79 Å². The molecule has 0 aliphatic carbocycles. The van der Waals surface area contributed by atoms with Gasteiger partial charge in [-0.05, 0) is 6.07 Å². The predicted octanol–water partition coefficient (Wildman–Crippen LogP) is 4.89. The van der Waals surface area contributed by atoms with Crippen LogP contribution in [0.3, 0.4) is 0 Å². The molecule has 0 bridgehead atoms. The summed E-state index contributed by atoms with van der Waals surface area (Å²) in [7, 11) is 1.85. The minimum absolute atomic E-state index is 0.206. The van der Waals surface area contributed by atoms with Crippen molar-refractivity contribution in [2.24, 2.45) is 7.05 Å². The number of fused-ring (bicyclic) bond motifs is 1. The third-order valence-corrected chi connectivity index (χ3v) is 5.59. The number of amides is 1. The third kappa shape index (κ3) is 3.00. The maximum Gasteiger partial charge on any atom is 0.269 e. The lowest BCUT2D eigenvalue weighted by Crippen LogP contribution is -2.25. The first kappa shape index (κ1) is 16.8. The van der Waals surface area contributed by atoms with E-state index in [1.807, 2.05) is 71.6 Å². The normalized spacial score (nSPS) is 11.0. The largest absolute Gasteiger partial charge is 0.345 e. The number of benzene rings is 2. The highest BCUT2D eigenvalue weighted by Crippen LogP contribution is 2.29. The minimum atomic E-state index is -0.206. The Hall–Kier alpha value is -2.63. The lowest BCUT2D eigenvalue weighted by molar-refractivity contribution is 0.0943. The van der Waals surface area contributed by atoms with E-state index in [0.29, 0.717) is 17.3 Å². The summed E-state index contributed by atoms with van der Waals surface area (Å²) in [5.41, 5.74) is 3.30. The molecule has 0 saturated carbocycles. The Morgan fingerprint density at radius 2 is 1.88 bits per heavy atom. The molecule has 0 aliphatic rings. The average molecular weight is 382 g/mol. The number of nitrogens with zero attached hydrogens (tertiary/aromatic N) is 2. The van der Waals surface area contributed by atoms with Crippen LogP contribution in [0.4, 0.5) is 0 Å². The first-order valence-corrected chi connectivity index (χ1v) is 9.42. The van der Waals surface area contributed by atoms with Crippen LogP contribution in [-0.4, -0.2) is 15.5 Å². The number of hydrogen-bond acceptors (Lipinski definition) is 3. The number of rotatable bonds is 4. The van der Waals surface area contributed by atoms with Crippen LogP contribution in [0.15, 0.2) is 60.0 Å². The third-order valence-electron chi connectivity index (χ3n) is 4.26. The molecule has 0 spiro atoms. The number of thiazole rings is 1. The van der Waals surface area contributed by atoms with E-state index >= 15 is 0 Å². The van der Waals surface area contributed by atoms with Gasteiger partial charge in [-0.3, -0.25) is 4.79 Å². The van der Waals surface area contributed by atoms with Gasteiger partial charge in [0, 0.05) is 28.9 Å². The van der Waals surface area contributed by atoms with Gasteiger partial charge in [0.05, 0.1) is 17.3 Å². The molecule has 130 valence electrons. The molecule has 2 heterocycles. The molecular formula is C20H16ClN3OS. The van der Waals surface area contributed by atoms with Crippen LogP contribution in [0.2, 0.25) is 5.02 Å². The molecule has 6 heteroatoms. The molecule has 0 unspecified atom stereocenters. The van der Waals surface area contributed by atoms with Crippen molar-refractivity contribution in [2.75, 3.05) is 0 Å². The number of carbonyl (C=O) groups is 1. The van der Waals surface area contributed by atoms with Crippen molar-refractivity contribution in [1.29, 1.82) is 0 Å². The molecule has 0 aliphatic heterocycles. The first-order chi connectivity index (χ1) is 12.6. The van der Waals surface area contributed by atoms with Crippen molar-refractivity contribution in [1.82, 2.24) is 14.9 Å². The summed E-state index contributed by atoms with van der Waals surface area (Å²) in [6, 6.07) is 17.7. The van der Waals surface area contributed by atoms with Crippen LogP contribution >= 0.6 is 22.9 Å². The highest BCUT2D eigenvalue weighted by atomic mass is 35.5. The number of halogens is 1. The summed E-state index contributed by atoms with van der Waals surface area (Å²) in [4.78, 5) is 17.3. The summed E-state index contributed by atoms with van der Waals surface area (Å²) in [6.07, 6.45) is 0. The van der Waals surface area contributed by atoms with Gasteiger partial charge < -0.3 is 9.88 Å². The van der Waals surface area contributed by atoms with E-state index in [4.69, 9.17) is 11.6 Å². The van der Waals surface area contributed by atoms with Gasteiger partial charge in [-0.15, -0.1) is 11.3 Å². The number of nitrogens with one attached hydrogen (secondary N) is 1. The van der Waals surface area contributed by atoms with Gasteiger partial charge in [-0.25, -0.2) is 4.98 Å². The van der Waals surface area contributed by atoms with Crippen LogP contribution in [0.5, 0.6) is 0 Å². The number of hydrogen-bond donors (Lipinski definition) is 1. The molecule has 0 fully saturated rings. The number of aromatic nitrogens is 2. The summed E-state index contributed by atoms with van der Waals surface area (Å²) in [5, 5.41) is 7.18. The monoisotopic (exact) mass is 381 g/mol. The van der Waals surface area contributed by atoms with Crippen LogP contribution in [-0.2, 0) is 13.6 Å². The SMILES string of the molecule is Cn1c(C(=O)NCc2csc(-c3ccccc3)n2)c(Cl)c2ccccc21. The average Bonchev–Trinajstić information content (AvgIpc) is 3.25. The van der Waals surface area contributed by atoms with Crippen LogP contribution in [0.25, 0.3) is 21.5 Å². The van der Waals surface area contributed by atoms with E-state index in [1.54, 1.807) is 11.3 Å². The summed E-state index contributed by atoms with van der Waals surface area (Å²) in [5.74, 6) is -0.206. The number of carbonyl (C=O) groups excluding carboxylic acids is 1. The highest BCUT2D eigenvalue weighted by Gasteiger charge is 2.19. The van der Waals surface area contributed by atoms with E-state index in [2.05, 4.69) is 10.3 Å². The number of aryl methyl sites for hydroxylation is 1. The van der Waals surface area contributed by atoms with Gasteiger partial charge in [0.2, 0.25) is 0 Å². The molecule has 4 rings (SSSR count). The van der Waals surface area contributed by atoms with Crippen molar-refractivity contribution >= 4 is 39.7 Å². The van der Waals surface area contributed by atoms with E-state index in [-0.39, 0.29) is 5.91 Å². The zero-order valence-electron chi connectivity index (χ0n) is 14.1. The van der Waals surface area contributed by atoms with E-state index in [0.717, 1.165) is 27.2 Å². The molecule has 26 heavy (non-hydrogen) atoms. The second kappa shape index (κ2) is 6.94. The fourth-order valence-corrected chi connectivity index (χ4v) is 4.15. The van der Waals surface area contributed by atoms with Crippen LogP contribution in [0, 0.1) is 0 Å². The van der Waals surface area contributed by atoms with Crippen LogP contribution < -0.4 is 5.32 Å². The van der Waals surface area contributed by atoms with E-state index < -0.39 is 0 Å². The molecule has 2 aromatic heterocycles. The van der Waals surface area contributed by atoms with Crippen LogP contribution in [0.1, 0.15) is 16.2 Å².